The lowest BCUT2D eigenvalue weighted by Crippen LogP contribution is -2.55. The standard InChI is InChI=1S/C11H14ClFN4O3/c12-11-10(17(18)19)2-14-16(11)8-1-7(13)3-15(4-8)9-5-20-6-9/h2,7-9H,1,3-6H2/t7-,8-/m0/s1. The largest absolute Gasteiger partial charge is 0.378 e. The van der Waals surface area contributed by atoms with Gasteiger partial charge in [0.15, 0.2) is 0 Å². The molecule has 0 amide bonds. The molecule has 110 valence electrons. The summed E-state index contributed by atoms with van der Waals surface area (Å²) < 4.78 is 20.4. The van der Waals surface area contributed by atoms with Crippen LogP contribution in [0.15, 0.2) is 6.20 Å². The van der Waals surface area contributed by atoms with Crippen LogP contribution in [-0.2, 0) is 4.74 Å². The van der Waals surface area contributed by atoms with Crippen LogP contribution in [0.25, 0.3) is 0 Å². The summed E-state index contributed by atoms with van der Waals surface area (Å²) in [6.07, 6.45) is 0.387. The third-order valence-corrected chi connectivity index (χ3v) is 4.17. The van der Waals surface area contributed by atoms with Crippen LogP contribution < -0.4 is 0 Å². The molecule has 0 aromatic carbocycles. The van der Waals surface area contributed by atoms with Gasteiger partial charge in [-0.25, -0.2) is 9.07 Å². The van der Waals surface area contributed by atoms with Crippen molar-refractivity contribution in [3.05, 3.63) is 21.5 Å². The molecule has 0 spiro atoms. The molecule has 3 rings (SSSR count). The molecule has 20 heavy (non-hydrogen) atoms. The van der Waals surface area contributed by atoms with Crippen molar-refractivity contribution in [1.82, 2.24) is 14.7 Å². The SMILES string of the molecule is O=[N+]([O-])c1cnn([C@H]2C[C@H](F)CN(C3COC3)C2)c1Cl. The Morgan fingerprint density at radius 3 is 2.75 bits per heavy atom. The van der Waals surface area contributed by atoms with Crippen molar-refractivity contribution in [1.29, 1.82) is 0 Å². The van der Waals surface area contributed by atoms with Crippen LogP contribution in [0.1, 0.15) is 12.5 Å². The maximum absolute atomic E-state index is 13.9. The zero-order valence-electron chi connectivity index (χ0n) is 10.6. The van der Waals surface area contributed by atoms with E-state index in [-0.39, 0.29) is 29.3 Å². The average Bonchev–Trinajstić information content (AvgIpc) is 2.68. The van der Waals surface area contributed by atoms with E-state index in [0.717, 1.165) is 6.20 Å². The predicted octanol–water partition coefficient (Wildman–Crippen LogP) is 1.43. The normalized spacial score (nSPS) is 28.3. The highest BCUT2D eigenvalue weighted by Gasteiger charge is 2.37. The molecule has 3 heterocycles. The summed E-state index contributed by atoms with van der Waals surface area (Å²) in [5.74, 6) is 0. The number of ether oxygens (including phenoxy) is 1. The van der Waals surface area contributed by atoms with Crippen LogP contribution in [0.2, 0.25) is 5.15 Å². The first-order valence-corrected chi connectivity index (χ1v) is 6.77. The van der Waals surface area contributed by atoms with E-state index in [0.29, 0.717) is 26.3 Å². The van der Waals surface area contributed by atoms with E-state index in [4.69, 9.17) is 16.3 Å². The lowest BCUT2D eigenvalue weighted by Gasteiger charge is -2.43. The number of alkyl halides is 1. The van der Waals surface area contributed by atoms with Gasteiger partial charge in [0, 0.05) is 19.5 Å². The summed E-state index contributed by atoms with van der Waals surface area (Å²) in [5.41, 5.74) is -0.244. The van der Waals surface area contributed by atoms with E-state index in [2.05, 4.69) is 5.10 Å². The first kappa shape index (κ1) is 13.7. The quantitative estimate of drug-likeness (QED) is 0.624. The summed E-state index contributed by atoms with van der Waals surface area (Å²) >= 11 is 5.97. The van der Waals surface area contributed by atoms with E-state index >= 15 is 0 Å². The van der Waals surface area contributed by atoms with Crippen LogP contribution in [0.4, 0.5) is 10.1 Å². The van der Waals surface area contributed by atoms with Gasteiger partial charge < -0.3 is 4.74 Å². The van der Waals surface area contributed by atoms with Gasteiger partial charge in [0.2, 0.25) is 5.15 Å². The number of hydrogen-bond acceptors (Lipinski definition) is 5. The van der Waals surface area contributed by atoms with E-state index in [1.54, 1.807) is 0 Å². The number of halogens is 2. The van der Waals surface area contributed by atoms with Gasteiger partial charge in [0.25, 0.3) is 0 Å². The summed E-state index contributed by atoms with van der Waals surface area (Å²) in [7, 11) is 0. The molecule has 0 unspecified atom stereocenters. The second-order valence-corrected chi connectivity index (χ2v) is 5.51. The van der Waals surface area contributed by atoms with Gasteiger partial charge in [-0.2, -0.15) is 5.10 Å². The maximum Gasteiger partial charge on any atom is 0.325 e. The Morgan fingerprint density at radius 1 is 1.45 bits per heavy atom. The Labute approximate surface area is 119 Å². The molecular formula is C11H14ClFN4O3. The van der Waals surface area contributed by atoms with Gasteiger partial charge in [0.05, 0.1) is 30.2 Å². The fourth-order valence-corrected chi connectivity index (χ4v) is 2.97. The minimum atomic E-state index is -0.992. The molecule has 9 heteroatoms. The van der Waals surface area contributed by atoms with Crippen LogP contribution in [0.3, 0.4) is 0 Å². The fraction of sp³-hybridized carbons (Fsp3) is 0.727. The van der Waals surface area contributed by atoms with E-state index in [1.807, 2.05) is 4.90 Å². The van der Waals surface area contributed by atoms with Crippen molar-refractivity contribution in [2.75, 3.05) is 26.3 Å². The van der Waals surface area contributed by atoms with Gasteiger partial charge in [-0.15, -0.1) is 0 Å². The molecule has 1 aromatic rings. The number of aromatic nitrogens is 2. The topological polar surface area (TPSA) is 73.4 Å². The van der Waals surface area contributed by atoms with Gasteiger partial charge in [0.1, 0.15) is 12.4 Å². The number of rotatable bonds is 3. The summed E-state index contributed by atoms with van der Waals surface area (Å²) in [6, 6.07) is -0.0686. The highest BCUT2D eigenvalue weighted by molar-refractivity contribution is 6.31. The van der Waals surface area contributed by atoms with Gasteiger partial charge >= 0.3 is 5.69 Å². The summed E-state index contributed by atoms with van der Waals surface area (Å²) in [6.45, 7) is 2.15. The molecule has 0 bridgehead atoms. The second-order valence-electron chi connectivity index (χ2n) is 5.15. The molecule has 0 aliphatic carbocycles. The number of hydrogen-bond donors (Lipinski definition) is 0. The van der Waals surface area contributed by atoms with Gasteiger partial charge in [-0.3, -0.25) is 15.0 Å². The van der Waals surface area contributed by atoms with Crippen LogP contribution in [0, 0.1) is 10.1 Å². The first-order valence-electron chi connectivity index (χ1n) is 6.39. The van der Waals surface area contributed by atoms with E-state index < -0.39 is 11.1 Å². The lowest BCUT2D eigenvalue weighted by molar-refractivity contribution is -0.384. The number of nitrogens with zero attached hydrogens (tertiary/aromatic N) is 4. The minimum Gasteiger partial charge on any atom is -0.378 e. The molecule has 2 aliphatic rings. The minimum absolute atomic E-state index is 0.0427. The Morgan fingerprint density at radius 2 is 2.20 bits per heavy atom. The van der Waals surface area contributed by atoms with Crippen molar-refractivity contribution in [3.8, 4) is 0 Å². The van der Waals surface area contributed by atoms with Crippen molar-refractivity contribution >= 4 is 17.3 Å². The first-order chi connectivity index (χ1) is 9.56. The Hall–Kier alpha value is -1.25. The summed E-state index contributed by atoms with van der Waals surface area (Å²) in [4.78, 5) is 12.2. The molecule has 2 fully saturated rings. The zero-order chi connectivity index (χ0) is 14.3. The van der Waals surface area contributed by atoms with Crippen LogP contribution in [-0.4, -0.2) is 58.1 Å². The van der Waals surface area contributed by atoms with Crippen molar-refractivity contribution in [3.63, 3.8) is 0 Å². The molecule has 0 radical (unpaired) electrons. The zero-order valence-corrected chi connectivity index (χ0v) is 11.4. The van der Waals surface area contributed by atoms with Crippen molar-refractivity contribution < 1.29 is 14.1 Å². The molecule has 1 aromatic heterocycles. The van der Waals surface area contributed by atoms with Crippen molar-refractivity contribution in [2.24, 2.45) is 0 Å². The molecule has 2 atom stereocenters. The van der Waals surface area contributed by atoms with Gasteiger partial charge in [-0.1, -0.05) is 11.6 Å². The van der Waals surface area contributed by atoms with Crippen molar-refractivity contribution in [2.45, 2.75) is 24.7 Å². The van der Waals surface area contributed by atoms with Crippen LogP contribution in [0.5, 0.6) is 0 Å². The van der Waals surface area contributed by atoms with Gasteiger partial charge in [-0.05, 0) is 0 Å². The third kappa shape index (κ3) is 2.38. The molecular weight excluding hydrogens is 291 g/mol. The highest BCUT2D eigenvalue weighted by Crippen LogP contribution is 2.32. The lowest BCUT2D eigenvalue weighted by atomic mass is 10.0. The number of piperidine rings is 1. The summed E-state index contributed by atoms with van der Waals surface area (Å²) in [5, 5.41) is 14.7. The third-order valence-electron chi connectivity index (χ3n) is 3.80. The monoisotopic (exact) mass is 304 g/mol. The highest BCUT2D eigenvalue weighted by atomic mass is 35.5. The molecule has 2 aliphatic heterocycles. The van der Waals surface area contributed by atoms with E-state index in [1.165, 1.54) is 4.68 Å². The molecule has 0 N–H and O–H groups in total. The smallest absolute Gasteiger partial charge is 0.325 e. The second kappa shape index (κ2) is 5.27. The predicted molar refractivity (Wildman–Crippen MR) is 68.6 cm³/mol. The average molecular weight is 305 g/mol. The maximum atomic E-state index is 13.9. The number of nitro groups is 1. The van der Waals surface area contributed by atoms with Crippen LogP contribution >= 0.6 is 11.6 Å². The molecule has 0 saturated carbocycles. The fourth-order valence-electron chi connectivity index (χ4n) is 2.67. The number of likely N-dealkylation sites (tertiary alicyclic amines) is 1. The Kier molecular flexibility index (Phi) is 3.61. The Bertz CT molecular complexity index is 522. The molecule has 7 nitrogen and oxygen atoms in total. The Balaban J connectivity index is 1.80. The van der Waals surface area contributed by atoms with E-state index in [9.17, 15) is 14.5 Å². The molecule has 2 saturated heterocycles.